The maximum Gasteiger partial charge on any atom is 0.340 e. The fourth-order valence-electron chi connectivity index (χ4n) is 3.10. The smallest absolute Gasteiger partial charge is 0.340 e. The van der Waals surface area contributed by atoms with Crippen LogP contribution in [0.5, 0.6) is 11.5 Å². The van der Waals surface area contributed by atoms with Crippen molar-refractivity contribution in [2.24, 2.45) is 0 Å². The first kappa shape index (κ1) is 21.3. The van der Waals surface area contributed by atoms with Crippen LogP contribution in [-0.4, -0.2) is 36.8 Å². The monoisotopic (exact) mass is 388 g/mol. The summed E-state index contributed by atoms with van der Waals surface area (Å²) in [6.07, 6.45) is -0.905. The van der Waals surface area contributed by atoms with Crippen LogP contribution in [0.1, 0.15) is 41.2 Å². The number of hydrogen-bond donors (Lipinski definition) is 1. The molecular formula is C21H28N2O5. The van der Waals surface area contributed by atoms with Crippen molar-refractivity contribution < 1.29 is 23.8 Å². The van der Waals surface area contributed by atoms with Crippen molar-refractivity contribution in [2.45, 2.75) is 46.9 Å². The lowest BCUT2D eigenvalue weighted by Gasteiger charge is -2.14. The first-order chi connectivity index (χ1) is 13.3. The Hall–Kier alpha value is -2.96. The van der Waals surface area contributed by atoms with Crippen LogP contribution in [0.15, 0.2) is 24.3 Å². The molecule has 1 N–H and O–H groups in total. The second kappa shape index (κ2) is 9.30. The van der Waals surface area contributed by atoms with Gasteiger partial charge in [-0.1, -0.05) is 6.07 Å². The van der Waals surface area contributed by atoms with Crippen LogP contribution in [0.4, 0.5) is 0 Å². The third-order valence-corrected chi connectivity index (χ3v) is 4.68. The van der Waals surface area contributed by atoms with E-state index in [0.29, 0.717) is 17.1 Å². The Morgan fingerprint density at radius 2 is 1.79 bits per heavy atom. The third-order valence-electron chi connectivity index (χ3n) is 4.68. The van der Waals surface area contributed by atoms with Gasteiger partial charge >= 0.3 is 5.97 Å². The molecular weight excluding hydrogens is 360 g/mol. The summed E-state index contributed by atoms with van der Waals surface area (Å²) in [5.74, 6) is 0.332. The van der Waals surface area contributed by atoms with Gasteiger partial charge in [0.1, 0.15) is 0 Å². The van der Waals surface area contributed by atoms with E-state index in [4.69, 9.17) is 14.2 Å². The van der Waals surface area contributed by atoms with E-state index in [2.05, 4.69) is 5.32 Å². The second-order valence-corrected chi connectivity index (χ2v) is 6.48. The average molecular weight is 388 g/mol. The van der Waals surface area contributed by atoms with E-state index in [-0.39, 0.29) is 12.5 Å². The highest BCUT2D eigenvalue weighted by Gasteiger charge is 2.22. The topological polar surface area (TPSA) is 78.8 Å². The van der Waals surface area contributed by atoms with Gasteiger partial charge < -0.3 is 24.1 Å². The van der Waals surface area contributed by atoms with E-state index < -0.39 is 12.1 Å². The quantitative estimate of drug-likeness (QED) is 0.704. The molecule has 0 aliphatic rings. The molecule has 0 radical (unpaired) electrons. The van der Waals surface area contributed by atoms with Gasteiger partial charge in [-0.15, -0.1) is 0 Å². The zero-order chi connectivity index (χ0) is 20.8. The zero-order valence-electron chi connectivity index (χ0n) is 17.3. The summed E-state index contributed by atoms with van der Waals surface area (Å²) < 4.78 is 17.8. The number of hydrogen-bond acceptors (Lipinski definition) is 5. The molecule has 28 heavy (non-hydrogen) atoms. The van der Waals surface area contributed by atoms with Gasteiger partial charge in [-0.3, -0.25) is 4.79 Å². The molecule has 0 aliphatic heterocycles. The van der Waals surface area contributed by atoms with Crippen LogP contribution in [0.3, 0.4) is 0 Å². The maximum atomic E-state index is 12.4. The number of methoxy groups -OCH3 is 2. The molecule has 1 atom stereocenters. The largest absolute Gasteiger partial charge is 0.493 e. The number of carbonyl (C=O) groups is 2. The van der Waals surface area contributed by atoms with Gasteiger partial charge in [0.15, 0.2) is 17.6 Å². The van der Waals surface area contributed by atoms with E-state index in [0.717, 1.165) is 23.5 Å². The SMILES string of the molecule is CCn1c(C)cc(C(=O)O[C@H](C)C(=O)NCc2ccc(OC)c(OC)c2)c1C. The van der Waals surface area contributed by atoms with Gasteiger partial charge in [0.2, 0.25) is 0 Å². The molecule has 0 spiro atoms. The highest BCUT2D eigenvalue weighted by molar-refractivity contribution is 5.93. The number of benzene rings is 1. The minimum atomic E-state index is -0.905. The van der Waals surface area contributed by atoms with Crippen molar-refractivity contribution in [1.82, 2.24) is 9.88 Å². The molecule has 2 rings (SSSR count). The van der Waals surface area contributed by atoms with E-state index >= 15 is 0 Å². The first-order valence-corrected chi connectivity index (χ1v) is 9.18. The van der Waals surface area contributed by atoms with E-state index in [1.807, 2.05) is 31.4 Å². The van der Waals surface area contributed by atoms with Crippen molar-refractivity contribution in [3.63, 3.8) is 0 Å². The zero-order valence-corrected chi connectivity index (χ0v) is 17.3. The molecule has 0 unspecified atom stereocenters. The highest BCUT2D eigenvalue weighted by Crippen LogP contribution is 2.27. The van der Waals surface area contributed by atoms with Crippen molar-refractivity contribution in [3.8, 4) is 11.5 Å². The number of nitrogens with zero attached hydrogens (tertiary/aromatic N) is 1. The molecule has 152 valence electrons. The Bertz CT molecular complexity index is 857. The van der Waals surface area contributed by atoms with Gasteiger partial charge in [-0.25, -0.2) is 4.79 Å². The number of ether oxygens (including phenoxy) is 3. The number of nitrogens with one attached hydrogen (secondary N) is 1. The summed E-state index contributed by atoms with van der Waals surface area (Å²) >= 11 is 0. The molecule has 0 saturated heterocycles. The van der Waals surface area contributed by atoms with Crippen LogP contribution in [-0.2, 0) is 22.6 Å². The van der Waals surface area contributed by atoms with E-state index in [1.165, 1.54) is 0 Å². The van der Waals surface area contributed by atoms with Crippen LogP contribution >= 0.6 is 0 Å². The molecule has 1 heterocycles. The molecule has 0 fully saturated rings. The Morgan fingerprint density at radius 1 is 1.11 bits per heavy atom. The Balaban J connectivity index is 1.97. The van der Waals surface area contributed by atoms with Gasteiger partial charge in [0, 0.05) is 24.5 Å². The normalized spacial score (nSPS) is 11.6. The first-order valence-electron chi connectivity index (χ1n) is 9.18. The number of aryl methyl sites for hydroxylation is 1. The van der Waals surface area contributed by atoms with Crippen molar-refractivity contribution in [3.05, 3.63) is 46.8 Å². The molecule has 0 aliphatic carbocycles. The molecule has 7 nitrogen and oxygen atoms in total. The van der Waals surface area contributed by atoms with Crippen LogP contribution < -0.4 is 14.8 Å². The number of amides is 1. The van der Waals surface area contributed by atoms with Crippen molar-refractivity contribution in [2.75, 3.05) is 14.2 Å². The lowest BCUT2D eigenvalue weighted by Crippen LogP contribution is -2.35. The minimum absolute atomic E-state index is 0.283. The van der Waals surface area contributed by atoms with Gasteiger partial charge in [-0.2, -0.15) is 0 Å². The minimum Gasteiger partial charge on any atom is -0.493 e. The fraction of sp³-hybridized carbons (Fsp3) is 0.429. The summed E-state index contributed by atoms with van der Waals surface area (Å²) in [5, 5.41) is 2.77. The lowest BCUT2D eigenvalue weighted by atomic mass is 10.2. The number of carbonyl (C=O) groups excluding carboxylic acids is 2. The number of esters is 1. The van der Waals surface area contributed by atoms with Crippen LogP contribution in [0.25, 0.3) is 0 Å². The Labute approximate surface area is 165 Å². The summed E-state index contributed by atoms with van der Waals surface area (Å²) in [4.78, 5) is 24.8. The molecule has 1 amide bonds. The van der Waals surface area contributed by atoms with E-state index in [1.54, 1.807) is 39.3 Å². The molecule has 1 aromatic carbocycles. The Kier molecular flexibility index (Phi) is 7.09. The molecule has 1 aromatic heterocycles. The molecule has 2 aromatic rings. The lowest BCUT2D eigenvalue weighted by molar-refractivity contribution is -0.129. The predicted octanol–water partition coefficient (Wildman–Crippen LogP) is 3.00. The summed E-state index contributed by atoms with van der Waals surface area (Å²) in [6, 6.07) is 7.18. The molecule has 7 heteroatoms. The fourth-order valence-corrected chi connectivity index (χ4v) is 3.10. The number of aromatic nitrogens is 1. The maximum absolute atomic E-state index is 12.4. The standard InChI is InChI=1S/C21H28N2O5/c1-7-23-13(2)10-17(14(23)3)21(25)28-15(4)20(24)22-12-16-8-9-18(26-5)19(11-16)27-6/h8-11,15H,7,12H2,1-6H3,(H,22,24)/t15-/m1/s1. The summed E-state index contributed by atoms with van der Waals surface area (Å²) in [6.45, 7) is 8.43. The summed E-state index contributed by atoms with van der Waals surface area (Å²) in [5.41, 5.74) is 3.15. The molecule has 0 saturated carbocycles. The van der Waals surface area contributed by atoms with Gasteiger partial charge in [0.05, 0.1) is 19.8 Å². The molecule has 0 bridgehead atoms. The van der Waals surface area contributed by atoms with Crippen molar-refractivity contribution >= 4 is 11.9 Å². The van der Waals surface area contributed by atoms with Crippen LogP contribution in [0, 0.1) is 13.8 Å². The number of rotatable bonds is 8. The van der Waals surface area contributed by atoms with Crippen LogP contribution in [0.2, 0.25) is 0 Å². The highest BCUT2D eigenvalue weighted by atomic mass is 16.5. The van der Waals surface area contributed by atoms with Crippen molar-refractivity contribution in [1.29, 1.82) is 0 Å². The second-order valence-electron chi connectivity index (χ2n) is 6.48. The van der Waals surface area contributed by atoms with E-state index in [9.17, 15) is 9.59 Å². The summed E-state index contributed by atoms with van der Waals surface area (Å²) in [7, 11) is 3.12. The third kappa shape index (κ3) is 4.65. The van der Waals surface area contributed by atoms with Gasteiger partial charge in [-0.05, 0) is 51.5 Å². The predicted molar refractivity (Wildman–Crippen MR) is 106 cm³/mol. The average Bonchev–Trinajstić information content (AvgIpc) is 2.98. The Morgan fingerprint density at radius 3 is 2.36 bits per heavy atom. The van der Waals surface area contributed by atoms with Gasteiger partial charge in [0.25, 0.3) is 5.91 Å².